The van der Waals surface area contributed by atoms with E-state index < -0.39 is 0 Å². The summed E-state index contributed by atoms with van der Waals surface area (Å²) in [5, 5.41) is 5.11. The van der Waals surface area contributed by atoms with Crippen molar-refractivity contribution in [2.45, 2.75) is 38.5 Å². The molecule has 2 rings (SSSR count). The van der Waals surface area contributed by atoms with Crippen molar-refractivity contribution in [2.24, 2.45) is 5.92 Å². The van der Waals surface area contributed by atoms with Gasteiger partial charge in [-0.2, -0.15) is 0 Å². The van der Waals surface area contributed by atoms with Gasteiger partial charge in [0.15, 0.2) is 0 Å². The van der Waals surface area contributed by atoms with Gasteiger partial charge >= 0.3 is 0 Å². The topological polar surface area (TPSA) is 29.1 Å². The lowest BCUT2D eigenvalue weighted by atomic mass is 10.1. The number of aryl methyl sites for hydroxylation is 1. The van der Waals surface area contributed by atoms with Gasteiger partial charge in [0.05, 0.1) is 0 Å². The van der Waals surface area contributed by atoms with E-state index in [1.165, 1.54) is 30.6 Å². The van der Waals surface area contributed by atoms with E-state index in [0.29, 0.717) is 6.42 Å². The van der Waals surface area contributed by atoms with Gasteiger partial charge in [-0.3, -0.25) is 4.79 Å². The first-order chi connectivity index (χ1) is 7.84. The Labute approximate surface area is 101 Å². The second-order valence-corrected chi connectivity index (χ2v) is 5.57. The van der Waals surface area contributed by atoms with Crippen molar-refractivity contribution in [3.05, 3.63) is 22.4 Å². The number of nitrogens with one attached hydrogen (secondary N) is 1. The molecule has 1 fully saturated rings. The van der Waals surface area contributed by atoms with Crippen molar-refractivity contribution in [1.82, 2.24) is 5.32 Å². The average Bonchev–Trinajstić information content (AvgIpc) is 2.96. The highest BCUT2D eigenvalue weighted by Gasteiger charge is 2.15. The fourth-order valence-corrected chi connectivity index (χ4v) is 2.96. The quantitative estimate of drug-likeness (QED) is 0.838. The number of hydrogen-bond donors (Lipinski definition) is 1. The van der Waals surface area contributed by atoms with Crippen LogP contribution in [0.15, 0.2) is 17.5 Å². The van der Waals surface area contributed by atoms with Crippen molar-refractivity contribution >= 4 is 17.2 Å². The predicted molar refractivity (Wildman–Crippen MR) is 67.6 cm³/mol. The Bertz CT molecular complexity index is 315. The maximum Gasteiger partial charge on any atom is 0.220 e. The summed E-state index contributed by atoms with van der Waals surface area (Å²) in [5.74, 6) is 0.950. The van der Waals surface area contributed by atoms with Crippen LogP contribution in [-0.4, -0.2) is 12.5 Å². The molecule has 1 saturated carbocycles. The van der Waals surface area contributed by atoms with Crippen LogP contribution in [0.25, 0.3) is 0 Å². The van der Waals surface area contributed by atoms with E-state index in [0.717, 1.165) is 18.9 Å². The number of thiophene rings is 1. The molecular weight excluding hydrogens is 218 g/mol. The standard InChI is InChI=1S/C13H19NOS/c15-13(8-7-12-6-3-9-16-12)14-10-11-4-1-2-5-11/h3,6,9,11H,1-2,4-5,7-8,10H2,(H,14,15). The highest BCUT2D eigenvalue weighted by atomic mass is 32.1. The molecule has 88 valence electrons. The van der Waals surface area contributed by atoms with Crippen molar-refractivity contribution in [3.8, 4) is 0 Å². The maximum absolute atomic E-state index is 11.6. The molecule has 0 atom stereocenters. The van der Waals surface area contributed by atoms with E-state index >= 15 is 0 Å². The van der Waals surface area contributed by atoms with Gasteiger partial charge in [0, 0.05) is 17.8 Å². The number of carbonyl (C=O) groups is 1. The van der Waals surface area contributed by atoms with Gasteiger partial charge in [-0.05, 0) is 36.6 Å². The van der Waals surface area contributed by atoms with Crippen LogP contribution in [-0.2, 0) is 11.2 Å². The summed E-state index contributed by atoms with van der Waals surface area (Å²) < 4.78 is 0. The third kappa shape index (κ3) is 3.63. The van der Waals surface area contributed by atoms with Gasteiger partial charge in [0.2, 0.25) is 5.91 Å². The Kier molecular flexibility index (Phi) is 4.40. The summed E-state index contributed by atoms with van der Waals surface area (Å²) in [5.41, 5.74) is 0. The number of amides is 1. The monoisotopic (exact) mass is 237 g/mol. The lowest BCUT2D eigenvalue weighted by Crippen LogP contribution is -2.28. The molecule has 0 aliphatic heterocycles. The van der Waals surface area contributed by atoms with E-state index in [9.17, 15) is 4.79 Å². The van der Waals surface area contributed by atoms with Crippen molar-refractivity contribution in [3.63, 3.8) is 0 Å². The lowest BCUT2D eigenvalue weighted by molar-refractivity contribution is -0.121. The second kappa shape index (κ2) is 6.04. The van der Waals surface area contributed by atoms with Crippen LogP contribution in [0.3, 0.4) is 0 Å². The molecule has 0 radical (unpaired) electrons. The molecule has 1 aromatic rings. The van der Waals surface area contributed by atoms with Crippen molar-refractivity contribution in [2.75, 3.05) is 6.54 Å². The summed E-state index contributed by atoms with van der Waals surface area (Å²) in [6, 6.07) is 4.13. The normalized spacial score (nSPS) is 16.5. The molecule has 1 aliphatic carbocycles. The van der Waals surface area contributed by atoms with Gasteiger partial charge in [-0.1, -0.05) is 18.9 Å². The third-order valence-electron chi connectivity index (χ3n) is 3.24. The Balaban J connectivity index is 1.60. The summed E-state index contributed by atoms with van der Waals surface area (Å²) in [4.78, 5) is 12.9. The molecule has 1 amide bonds. The van der Waals surface area contributed by atoms with Gasteiger partial charge < -0.3 is 5.32 Å². The lowest BCUT2D eigenvalue weighted by Gasteiger charge is -2.10. The molecule has 1 N–H and O–H groups in total. The Morgan fingerprint density at radius 2 is 2.25 bits per heavy atom. The molecule has 0 unspecified atom stereocenters. The van der Waals surface area contributed by atoms with E-state index in [1.807, 2.05) is 6.07 Å². The zero-order chi connectivity index (χ0) is 11.2. The fourth-order valence-electron chi connectivity index (χ4n) is 2.25. The molecule has 1 aliphatic rings. The molecule has 3 heteroatoms. The molecule has 1 aromatic heterocycles. The second-order valence-electron chi connectivity index (χ2n) is 4.53. The molecule has 0 aromatic carbocycles. The average molecular weight is 237 g/mol. The summed E-state index contributed by atoms with van der Waals surface area (Å²) >= 11 is 1.73. The minimum atomic E-state index is 0.209. The number of hydrogen-bond acceptors (Lipinski definition) is 2. The first-order valence-corrected chi connectivity index (χ1v) is 7.01. The van der Waals surface area contributed by atoms with Gasteiger partial charge in [0.1, 0.15) is 0 Å². The minimum absolute atomic E-state index is 0.209. The number of rotatable bonds is 5. The van der Waals surface area contributed by atoms with Crippen molar-refractivity contribution < 1.29 is 4.79 Å². The maximum atomic E-state index is 11.6. The first-order valence-electron chi connectivity index (χ1n) is 6.13. The third-order valence-corrected chi connectivity index (χ3v) is 4.18. The molecule has 0 spiro atoms. The van der Waals surface area contributed by atoms with E-state index in [2.05, 4.69) is 16.8 Å². The highest BCUT2D eigenvalue weighted by molar-refractivity contribution is 7.09. The molecule has 0 bridgehead atoms. The summed E-state index contributed by atoms with van der Waals surface area (Å²) in [6.45, 7) is 0.892. The smallest absolute Gasteiger partial charge is 0.220 e. The van der Waals surface area contributed by atoms with E-state index in [1.54, 1.807) is 11.3 Å². The van der Waals surface area contributed by atoms with Crippen LogP contribution < -0.4 is 5.32 Å². The van der Waals surface area contributed by atoms with Gasteiger partial charge in [0.25, 0.3) is 0 Å². The molecule has 0 saturated heterocycles. The van der Waals surface area contributed by atoms with Gasteiger partial charge in [-0.25, -0.2) is 0 Å². The van der Waals surface area contributed by atoms with Crippen LogP contribution in [0.2, 0.25) is 0 Å². The first kappa shape index (κ1) is 11.6. The predicted octanol–water partition coefficient (Wildman–Crippen LogP) is 2.99. The summed E-state index contributed by atoms with van der Waals surface area (Å²) in [7, 11) is 0. The van der Waals surface area contributed by atoms with E-state index in [-0.39, 0.29) is 5.91 Å². The minimum Gasteiger partial charge on any atom is -0.356 e. The number of carbonyl (C=O) groups excluding carboxylic acids is 1. The Morgan fingerprint density at radius 3 is 2.94 bits per heavy atom. The SMILES string of the molecule is O=C(CCc1cccs1)NCC1CCCC1. The van der Waals surface area contributed by atoms with Crippen molar-refractivity contribution in [1.29, 1.82) is 0 Å². The zero-order valence-electron chi connectivity index (χ0n) is 9.58. The van der Waals surface area contributed by atoms with Crippen LogP contribution >= 0.6 is 11.3 Å². The van der Waals surface area contributed by atoms with E-state index in [4.69, 9.17) is 0 Å². The summed E-state index contributed by atoms with van der Waals surface area (Å²) in [6.07, 6.45) is 6.79. The Hall–Kier alpha value is -0.830. The molecule has 1 heterocycles. The fraction of sp³-hybridized carbons (Fsp3) is 0.615. The largest absolute Gasteiger partial charge is 0.356 e. The highest BCUT2D eigenvalue weighted by Crippen LogP contribution is 2.23. The zero-order valence-corrected chi connectivity index (χ0v) is 10.4. The molecular formula is C13H19NOS. The molecule has 2 nitrogen and oxygen atoms in total. The molecule has 16 heavy (non-hydrogen) atoms. The Morgan fingerprint density at radius 1 is 1.44 bits per heavy atom. The van der Waals surface area contributed by atoms with Gasteiger partial charge in [-0.15, -0.1) is 11.3 Å². The van der Waals surface area contributed by atoms with Crippen LogP contribution in [0.1, 0.15) is 37.0 Å². The van der Waals surface area contributed by atoms with Crippen LogP contribution in [0, 0.1) is 5.92 Å². The van der Waals surface area contributed by atoms with Crippen LogP contribution in [0.5, 0.6) is 0 Å². The van der Waals surface area contributed by atoms with Crippen LogP contribution in [0.4, 0.5) is 0 Å².